The van der Waals surface area contributed by atoms with Crippen LogP contribution in [-0.2, 0) is 4.79 Å². The van der Waals surface area contributed by atoms with Crippen molar-refractivity contribution < 1.29 is 14.7 Å². The molecule has 0 aromatic carbocycles. The van der Waals surface area contributed by atoms with Crippen molar-refractivity contribution in [1.82, 2.24) is 10.3 Å². The molecule has 0 spiro atoms. The molecule has 0 aliphatic carbocycles. The summed E-state index contributed by atoms with van der Waals surface area (Å²) in [5, 5.41) is 11.3. The molecule has 4 N–H and O–H groups in total. The van der Waals surface area contributed by atoms with Gasteiger partial charge >= 0.3 is 5.97 Å². The van der Waals surface area contributed by atoms with Gasteiger partial charge in [-0.3, -0.25) is 4.79 Å². The van der Waals surface area contributed by atoms with E-state index in [0.29, 0.717) is 0 Å². The number of nitrogens with two attached hydrogens (primary N) is 1. The molecule has 0 aliphatic heterocycles. The summed E-state index contributed by atoms with van der Waals surface area (Å²) < 4.78 is 0. The van der Waals surface area contributed by atoms with E-state index in [0.717, 1.165) is 0 Å². The molecule has 1 aromatic rings. The number of rotatable bonds is 4. The predicted molar refractivity (Wildman–Crippen MR) is 62.4 cm³/mol. The van der Waals surface area contributed by atoms with E-state index in [-0.39, 0.29) is 17.3 Å². The fourth-order valence-corrected chi connectivity index (χ4v) is 1.33. The first-order chi connectivity index (χ1) is 7.93. The van der Waals surface area contributed by atoms with Crippen LogP contribution in [0.4, 0.5) is 5.69 Å². The number of carboxylic acid groups (broad SMARTS) is 1. The number of carbonyl (C=O) groups is 2. The van der Waals surface area contributed by atoms with Crippen molar-refractivity contribution in [3.05, 3.63) is 24.0 Å². The summed E-state index contributed by atoms with van der Waals surface area (Å²) >= 11 is 0. The van der Waals surface area contributed by atoms with Gasteiger partial charge in [0.1, 0.15) is 6.04 Å². The topological polar surface area (TPSA) is 105 Å². The Kier molecular flexibility index (Phi) is 4.03. The summed E-state index contributed by atoms with van der Waals surface area (Å²) in [4.78, 5) is 26.5. The van der Waals surface area contributed by atoms with E-state index in [1.807, 2.05) is 0 Å². The zero-order valence-corrected chi connectivity index (χ0v) is 9.68. The molecule has 0 saturated carbocycles. The van der Waals surface area contributed by atoms with E-state index >= 15 is 0 Å². The molecule has 1 amide bonds. The molecule has 0 radical (unpaired) electrons. The first-order valence-electron chi connectivity index (χ1n) is 5.17. The van der Waals surface area contributed by atoms with Gasteiger partial charge in [0, 0.05) is 6.20 Å². The molecule has 92 valence electrons. The fourth-order valence-electron chi connectivity index (χ4n) is 1.33. The number of carboxylic acids is 1. The highest BCUT2D eigenvalue weighted by atomic mass is 16.4. The highest BCUT2D eigenvalue weighted by Gasteiger charge is 2.25. The zero-order chi connectivity index (χ0) is 13.0. The van der Waals surface area contributed by atoms with Gasteiger partial charge in [0.15, 0.2) is 5.69 Å². The quantitative estimate of drug-likeness (QED) is 0.707. The van der Waals surface area contributed by atoms with Crippen LogP contribution in [-0.4, -0.2) is 28.0 Å². The molecule has 0 bridgehead atoms. The minimum atomic E-state index is -1.08. The fraction of sp³-hybridized carbons (Fsp3) is 0.364. The first-order valence-corrected chi connectivity index (χ1v) is 5.17. The standard InChI is InChI=1S/C11H15N3O3/c1-6(2)8(11(16)17)14-10(15)9-7(12)4-3-5-13-9/h3-6,8H,12H2,1-2H3,(H,14,15)(H,16,17)/t8-/m1/s1. The van der Waals surface area contributed by atoms with Crippen LogP contribution in [0.15, 0.2) is 18.3 Å². The van der Waals surface area contributed by atoms with Crippen LogP contribution in [0, 0.1) is 5.92 Å². The summed E-state index contributed by atoms with van der Waals surface area (Å²) in [6.45, 7) is 3.42. The molecule has 1 heterocycles. The van der Waals surface area contributed by atoms with E-state index in [9.17, 15) is 9.59 Å². The van der Waals surface area contributed by atoms with Crippen LogP contribution in [0.3, 0.4) is 0 Å². The molecular weight excluding hydrogens is 222 g/mol. The van der Waals surface area contributed by atoms with Crippen molar-refractivity contribution in [3.63, 3.8) is 0 Å². The minimum Gasteiger partial charge on any atom is -0.480 e. The van der Waals surface area contributed by atoms with Crippen LogP contribution in [0.25, 0.3) is 0 Å². The van der Waals surface area contributed by atoms with Crippen molar-refractivity contribution in [2.45, 2.75) is 19.9 Å². The third-order valence-corrected chi connectivity index (χ3v) is 2.27. The van der Waals surface area contributed by atoms with Gasteiger partial charge in [0.2, 0.25) is 0 Å². The van der Waals surface area contributed by atoms with E-state index in [4.69, 9.17) is 10.8 Å². The van der Waals surface area contributed by atoms with Gasteiger partial charge < -0.3 is 16.2 Å². The van der Waals surface area contributed by atoms with Crippen molar-refractivity contribution in [2.24, 2.45) is 5.92 Å². The van der Waals surface area contributed by atoms with Crippen LogP contribution >= 0.6 is 0 Å². The lowest BCUT2D eigenvalue weighted by molar-refractivity contribution is -0.140. The van der Waals surface area contributed by atoms with Gasteiger partial charge in [0.25, 0.3) is 5.91 Å². The molecule has 0 fully saturated rings. The van der Waals surface area contributed by atoms with Crippen LogP contribution in [0.2, 0.25) is 0 Å². The zero-order valence-electron chi connectivity index (χ0n) is 9.68. The number of amides is 1. The number of anilines is 1. The Balaban J connectivity index is 2.85. The molecule has 1 atom stereocenters. The third-order valence-electron chi connectivity index (χ3n) is 2.27. The smallest absolute Gasteiger partial charge is 0.326 e. The van der Waals surface area contributed by atoms with E-state index in [1.165, 1.54) is 12.3 Å². The average Bonchev–Trinajstić information content (AvgIpc) is 2.25. The lowest BCUT2D eigenvalue weighted by Crippen LogP contribution is -2.44. The highest BCUT2D eigenvalue weighted by molar-refractivity contribution is 5.98. The normalized spacial score (nSPS) is 12.2. The number of aromatic nitrogens is 1. The second kappa shape index (κ2) is 5.29. The van der Waals surface area contributed by atoms with Crippen molar-refractivity contribution in [1.29, 1.82) is 0 Å². The van der Waals surface area contributed by atoms with E-state index in [2.05, 4.69) is 10.3 Å². The summed E-state index contributed by atoms with van der Waals surface area (Å²) in [5.74, 6) is -1.88. The summed E-state index contributed by atoms with van der Waals surface area (Å²) in [6, 6.07) is 2.18. The summed E-state index contributed by atoms with van der Waals surface area (Å²) in [5.41, 5.74) is 5.84. The van der Waals surface area contributed by atoms with Gasteiger partial charge in [-0.25, -0.2) is 9.78 Å². The Morgan fingerprint density at radius 2 is 2.12 bits per heavy atom. The molecule has 6 nitrogen and oxygen atoms in total. The molecule has 0 unspecified atom stereocenters. The molecular formula is C11H15N3O3. The van der Waals surface area contributed by atoms with Gasteiger partial charge in [-0.05, 0) is 18.1 Å². The SMILES string of the molecule is CC(C)[C@@H](NC(=O)c1ncccc1N)C(=O)O. The number of carbonyl (C=O) groups excluding carboxylic acids is 1. The number of aliphatic carboxylic acids is 1. The Hall–Kier alpha value is -2.11. The van der Waals surface area contributed by atoms with Gasteiger partial charge in [-0.15, -0.1) is 0 Å². The lowest BCUT2D eigenvalue weighted by atomic mass is 10.0. The van der Waals surface area contributed by atoms with Crippen molar-refractivity contribution in [3.8, 4) is 0 Å². The summed E-state index contributed by atoms with van der Waals surface area (Å²) in [7, 11) is 0. The average molecular weight is 237 g/mol. The van der Waals surface area contributed by atoms with Crippen molar-refractivity contribution >= 4 is 17.6 Å². The number of nitrogens with zero attached hydrogens (tertiary/aromatic N) is 1. The Morgan fingerprint density at radius 3 is 2.59 bits per heavy atom. The number of hydrogen-bond acceptors (Lipinski definition) is 4. The van der Waals surface area contributed by atoms with Gasteiger partial charge in [-0.1, -0.05) is 13.8 Å². The van der Waals surface area contributed by atoms with Crippen LogP contribution in [0.1, 0.15) is 24.3 Å². The van der Waals surface area contributed by atoms with E-state index in [1.54, 1.807) is 19.9 Å². The predicted octanol–water partition coefficient (Wildman–Crippen LogP) is 0.503. The molecule has 17 heavy (non-hydrogen) atoms. The van der Waals surface area contributed by atoms with E-state index < -0.39 is 17.9 Å². The van der Waals surface area contributed by atoms with Gasteiger partial charge in [0.05, 0.1) is 5.69 Å². The Labute approximate surface area is 98.8 Å². The first kappa shape index (κ1) is 13.0. The maximum atomic E-state index is 11.8. The maximum Gasteiger partial charge on any atom is 0.326 e. The summed E-state index contributed by atoms with van der Waals surface area (Å²) in [6.07, 6.45) is 1.43. The molecule has 1 aromatic heterocycles. The van der Waals surface area contributed by atoms with Gasteiger partial charge in [-0.2, -0.15) is 0 Å². The largest absolute Gasteiger partial charge is 0.480 e. The highest BCUT2D eigenvalue weighted by Crippen LogP contribution is 2.08. The van der Waals surface area contributed by atoms with Crippen LogP contribution in [0.5, 0.6) is 0 Å². The number of hydrogen-bond donors (Lipinski definition) is 3. The lowest BCUT2D eigenvalue weighted by Gasteiger charge is -2.17. The monoisotopic (exact) mass is 237 g/mol. The van der Waals surface area contributed by atoms with Crippen LogP contribution < -0.4 is 11.1 Å². The van der Waals surface area contributed by atoms with Crippen molar-refractivity contribution in [2.75, 3.05) is 5.73 Å². The molecule has 0 saturated heterocycles. The Morgan fingerprint density at radius 1 is 1.47 bits per heavy atom. The number of pyridine rings is 1. The Bertz CT molecular complexity index is 432. The second-order valence-electron chi connectivity index (χ2n) is 3.97. The number of nitrogen functional groups attached to an aromatic ring is 1. The third kappa shape index (κ3) is 3.17. The number of nitrogens with one attached hydrogen (secondary N) is 1. The molecule has 0 aliphatic rings. The molecule has 1 rings (SSSR count). The maximum absolute atomic E-state index is 11.8. The molecule has 6 heteroatoms. The second-order valence-corrected chi connectivity index (χ2v) is 3.97. The minimum absolute atomic E-state index is 0.0411.